The molecule has 0 radical (unpaired) electrons. The fourth-order valence-electron chi connectivity index (χ4n) is 3.46. The molecule has 0 amide bonds. The van der Waals surface area contributed by atoms with E-state index in [9.17, 15) is 4.79 Å². The van der Waals surface area contributed by atoms with Gasteiger partial charge in [0.1, 0.15) is 12.4 Å². The fourth-order valence-corrected chi connectivity index (χ4v) is 3.46. The molecule has 2 aromatic carbocycles. The van der Waals surface area contributed by atoms with E-state index in [2.05, 4.69) is 51.0 Å². The van der Waals surface area contributed by atoms with Crippen LogP contribution in [0.4, 0.5) is 0 Å². The Morgan fingerprint density at radius 2 is 1.77 bits per heavy atom. The summed E-state index contributed by atoms with van der Waals surface area (Å²) in [6, 6.07) is 14.4. The lowest BCUT2D eigenvalue weighted by Crippen LogP contribution is -2.20. The van der Waals surface area contributed by atoms with Gasteiger partial charge in [0.25, 0.3) is 0 Å². The first-order chi connectivity index (χ1) is 14.5. The molecule has 1 aliphatic carbocycles. The number of carbonyl (C=O) groups is 1. The molecule has 4 heteroatoms. The Kier molecular flexibility index (Phi) is 7.67. The largest absolute Gasteiger partial charge is 0.483 e. The topological polar surface area (TPSA) is 47.9 Å². The molecule has 0 spiro atoms. The van der Waals surface area contributed by atoms with Crippen LogP contribution in [0.2, 0.25) is 0 Å². The van der Waals surface area contributed by atoms with Crippen LogP contribution in [-0.4, -0.2) is 18.6 Å². The molecule has 0 aliphatic heterocycles. The fraction of sp³-hybridized carbons (Fsp3) is 0.462. The van der Waals surface area contributed by atoms with E-state index in [0.29, 0.717) is 30.8 Å². The number of aldehydes is 1. The molecule has 0 N–H and O–H groups in total. The van der Waals surface area contributed by atoms with Crippen molar-refractivity contribution in [3.63, 3.8) is 0 Å². The Labute approximate surface area is 180 Å². The van der Waals surface area contributed by atoms with E-state index in [1.807, 2.05) is 24.3 Å². The first-order valence-corrected chi connectivity index (χ1v) is 10.9. The van der Waals surface area contributed by atoms with Gasteiger partial charge < -0.3 is 9.57 Å². The molecule has 0 aromatic heterocycles. The third-order valence-corrected chi connectivity index (χ3v) is 5.57. The van der Waals surface area contributed by atoms with E-state index in [1.165, 1.54) is 16.7 Å². The van der Waals surface area contributed by atoms with Crippen LogP contribution in [0.3, 0.4) is 0 Å². The molecule has 4 nitrogen and oxygen atoms in total. The summed E-state index contributed by atoms with van der Waals surface area (Å²) in [6.45, 7) is 9.32. The summed E-state index contributed by atoms with van der Waals surface area (Å²) >= 11 is 0. The maximum absolute atomic E-state index is 11.1. The van der Waals surface area contributed by atoms with Crippen molar-refractivity contribution in [1.82, 2.24) is 0 Å². The highest BCUT2D eigenvalue weighted by Gasteiger charge is 2.32. The highest BCUT2D eigenvalue weighted by Crippen LogP contribution is 2.34. The molecule has 1 unspecified atom stereocenters. The molecule has 1 saturated carbocycles. The predicted octanol–water partition coefficient (Wildman–Crippen LogP) is 6.03. The minimum Gasteiger partial charge on any atom is -0.483 e. The molecular formula is C26H33NO3. The van der Waals surface area contributed by atoms with Gasteiger partial charge in [-0.25, -0.2) is 0 Å². The predicted molar refractivity (Wildman–Crippen MR) is 121 cm³/mol. The summed E-state index contributed by atoms with van der Waals surface area (Å²) in [6.07, 6.45) is 5.24. The average molecular weight is 408 g/mol. The first-order valence-electron chi connectivity index (χ1n) is 10.9. The van der Waals surface area contributed by atoms with Crippen LogP contribution in [0, 0.1) is 5.92 Å². The molecule has 0 bridgehead atoms. The monoisotopic (exact) mass is 407 g/mol. The third kappa shape index (κ3) is 6.19. The van der Waals surface area contributed by atoms with Crippen LogP contribution in [-0.2, 0) is 22.7 Å². The zero-order valence-corrected chi connectivity index (χ0v) is 18.5. The van der Waals surface area contributed by atoms with Gasteiger partial charge in [-0.05, 0) is 59.1 Å². The van der Waals surface area contributed by atoms with Gasteiger partial charge in [-0.3, -0.25) is 4.79 Å². The quantitative estimate of drug-likeness (QED) is 0.259. The van der Waals surface area contributed by atoms with Gasteiger partial charge in [-0.15, -0.1) is 0 Å². The second kappa shape index (κ2) is 10.4. The van der Waals surface area contributed by atoms with Gasteiger partial charge in [0.15, 0.2) is 12.4 Å². The molecule has 1 fully saturated rings. The van der Waals surface area contributed by atoms with Crippen molar-refractivity contribution in [2.24, 2.45) is 11.1 Å². The van der Waals surface area contributed by atoms with Gasteiger partial charge in [-0.2, -0.15) is 0 Å². The van der Waals surface area contributed by atoms with Gasteiger partial charge in [0.2, 0.25) is 0 Å². The Morgan fingerprint density at radius 1 is 1.03 bits per heavy atom. The number of ether oxygens (including phenoxy) is 1. The lowest BCUT2D eigenvalue weighted by Gasteiger charge is -2.15. The van der Waals surface area contributed by atoms with Crippen molar-refractivity contribution >= 4 is 12.5 Å². The van der Waals surface area contributed by atoms with Crippen molar-refractivity contribution in [2.75, 3.05) is 0 Å². The molecule has 1 aliphatic rings. The van der Waals surface area contributed by atoms with E-state index in [4.69, 9.17) is 9.57 Å². The van der Waals surface area contributed by atoms with Crippen molar-refractivity contribution in [3.8, 4) is 5.75 Å². The van der Waals surface area contributed by atoms with Crippen molar-refractivity contribution in [2.45, 2.75) is 71.5 Å². The summed E-state index contributed by atoms with van der Waals surface area (Å²) in [5.41, 5.74) is 4.99. The van der Waals surface area contributed by atoms with Gasteiger partial charge in [-0.1, -0.05) is 63.2 Å². The Morgan fingerprint density at radius 3 is 2.37 bits per heavy atom. The van der Waals surface area contributed by atoms with E-state index in [1.54, 1.807) is 6.21 Å². The zero-order valence-electron chi connectivity index (χ0n) is 18.5. The lowest BCUT2D eigenvalue weighted by atomic mass is 9.92. The van der Waals surface area contributed by atoms with E-state index >= 15 is 0 Å². The van der Waals surface area contributed by atoms with Crippen molar-refractivity contribution in [1.29, 1.82) is 0 Å². The summed E-state index contributed by atoms with van der Waals surface area (Å²) in [4.78, 5) is 16.7. The van der Waals surface area contributed by atoms with E-state index < -0.39 is 0 Å². The number of rotatable bonds is 11. The molecule has 160 valence electrons. The van der Waals surface area contributed by atoms with Crippen molar-refractivity contribution < 1.29 is 14.4 Å². The maximum Gasteiger partial charge on any atom is 0.160 e. The SMILES string of the molecule is CC(C)c1ccc(CON=CCc2ccc(OC(C=O)C3CC3)cc2)c(C(C)C)c1. The van der Waals surface area contributed by atoms with Crippen LogP contribution in [0.25, 0.3) is 0 Å². The van der Waals surface area contributed by atoms with Crippen molar-refractivity contribution in [3.05, 3.63) is 64.7 Å². The van der Waals surface area contributed by atoms with Crippen LogP contribution in [0.15, 0.2) is 47.6 Å². The maximum atomic E-state index is 11.1. The van der Waals surface area contributed by atoms with Gasteiger partial charge >= 0.3 is 0 Å². The third-order valence-electron chi connectivity index (χ3n) is 5.57. The van der Waals surface area contributed by atoms with Crippen LogP contribution in [0.1, 0.15) is 74.6 Å². The first kappa shape index (κ1) is 22.1. The molecule has 2 aromatic rings. The van der Waals surface area contributed by atoms with Crippen LogP contribution in [0.5, 0.6) is 5.75 Å². The Balaban J connectivity index is 1.49. The van der Waals surface area contributed by atoms with Gasteiger partial charge in [0, 0.05) is 18.6 Å². The summed E-state index contributed by atoms with van der Waals surface area (Å²) in [5.74, 6) is 2.10. The molecule has 30 heavy (non-hydrogen) atoms. The zero-order chi connectivity index (χ0) is 21.5. The highest BCUT2D eigenvalue weighted by atomic mass is 16.6. The minimum atomic E-state index is -0.309. The average Bonchev–Trinajstić information content (AvgIpc) is 3.58. The Bertz CT molecular complexity index is 851. The number of carbonyl (C=O) groups excluding carboxylic acids is 1. The standard InChI is InChI=1S/C26H33NO3/c1-18(2)22-9-10-23(25(15-22)19(3)4)17-29-27-14-13-20-5-11-24(12-6-20)30-26(16-28)21-7-8-21/h5-6,9-12,14-16,18-19,21,26H,7-8,13,17H2,1-4H3. The van der Waals surface area contributed by atoms with E-state index in [0.717, 1.165) is 30.4 Å². The molecule has 3 rings (SSSR count). The number of nitrogens with zero attached hydrogens (tertiary/aromatic N) is 1. The second-order valence-corrected chi connectivity index (χ2v) is 8.73. The number of oxime groups is 1. The van der Waals surface area contributed by atoms with Crippen LogP contribution < -0.4 is 4.74 Å². The number of hydrogen-bond acceptors (Lipinski definition) is 4. The second-order valence-electron chi connectivity index (χ2n) is 8.73. The molecule has 0 saturated heterocycles. The molecular weight excluding hydrogens is 374 g/mol. The van der Waals surface area contributed by atoms with Crippen LogP contribution >= 0.6 is 0 Å². The lowest BCUT2D eigenvalue weighted by molar-refractivity contribution is -0.114. The molecule has 1 atom stereocenters. The number of hydrogen-bond donors (Lipinski definition) is 0. The Hall–Kier alpha value is -2.62. The minimum absolute atomic E-state index is 0.309. The summed E-state index contributed by atoms with van der Waals surface area (Å²) in [7, 11) is 0. The van der Waals surface area contributed by atoms with E-state index in [-0.39, 0.29) is 6.10 Å². The molecule has 0 heterocycles. The van der Waals surface area contributed by atoms with Gasteiger partial charge in [0.05, 0.1) is 0 Å². The summed E-state index contributed by atoms with van der Waals surface area (Å²) in [5, 5.41) is 4.13. The summed E-state index contributed by atoms with van der Waals surface area (Å²) < 4.78 is 5.76. The smallest absolute Gasteiger partial charge is 0.160 e. The highest BCUT2D eigenvalue weighted by molar-refractivity contribution is 5.61. The number of benzene rings is 2. The normalized spacial score (nSPS) is 15.0.